The lowest BCUT2D eigenvalue weighted by molar-refractivity contribution is -0.138. The normalized spacial score (nSPS) is 11.7. The third kappa shape index (κ3) is 6.45. The highest BCUT2D eigenvalue weighted by Gasteiger charge is 2.25. The second-order valence-corrected chi connectivity index (χ2v) is 7.84. The molecule has 2 aromatic carbocycles. The number of carbonyl (C=O) groups is 2. The third-order valence-electron chi connectivity index (χ3n) is 4.09. The molecule has 27 heavy (non-hydrogen) atoms. The van der Waals surface area contributed by atoms with Gasteiger partial charge in [0.2, 0.25) is 11.8 Å². The van der Waals surface area contributed by atoms with Crippen LogP contribution in [-0.2, 0) is 21.9 Å². The number of halogens is 2. The van der Waals surface area contributed by atoms with E-state index >= 15 is 0 Å². The standard InChI is InChI=1S/C20H22Cl2N2O2S/c1-14(20(26)23-2)24(11-15-6-4-3-5-7-15)19(25)13-27-12-16-8-9-17(21)18(22)10-16/h3-10,14H,11-13H2,1-2H3,(H,23,26)/t14-/m0/s1. The van der Waals surface area contributed by atoms with Gasteiger partial charge in [0.1, 0.15) is 6.04 Å². The highest BCUT2D eigenvalue weighted by Crippen LogP contribution is 2.25. The van der Waals surface area contributed by atoms with Crippen LogP contribution in [0.2, 0.25) is 10.0 Å². The van der Waals surface area contributed by atoms with Crippen LogP contribution in [0.4, 0.5) is 0 Å². The van der Waals surface area contributed by atoms with Crippen molar-refractivity contribution in [1.29, 1.82) is 0 Å². The maximum Gasteiger partial charge on any atom is 0.242 e. The summed E-state index contributed by atoms with van der Waals surface area (Å²) >= 11 is 13.4. The molecule has 2 amide bonds. The summed E-state index contributed by atoms with van der Waals surface area (Å²) < 4.78 is 0. The zero-order valence-electron chi connectivity index (χ0n) is 15.2. The summed E-state index contributed by atoms with van der Waals surface area (Å²) in [6.07, 6.45) is 0. The molecule has 0 spiro atoms. The Morgan fingerprint density at radius 1 is 1.07 bits per heavy atom. The largest absolute Gasteiger partial charge is 0.357 e. The van der Waals surface area contributed by atoms with Crippen molar-refractivity contribution < 1.29 is 9.59 Å². The first-order valence-electron chi connectivity index (χ1n) is 8.49. The second kappa shape index (κ2) is 10.6. The number of likely N-dealkylation sites (N-methyl/N-ethyl adjacent to an activating group) is 1. The van der Waals surface area contributed by atoms with Crippen LogP contribution in [0.5, 0.6) is 0 Å². The average molecular weight is 425 g/mol. The number of hydrogen-bond donors (Lipinski definition) is 1. The number of thioether (sulfide) groups is 1. The number of benzene rings is 2. The van der Waals surface area contributed by atoms with Crippen LogP contribution < -0.4 is 5.32 Å². The van der Waals surface area contributed by atoms with E-state index in [9.17, 15) is 9.59 Å². The van der Waals surface area contributed by atoms with E-state index in [-0.39, 0.29) is 17.6 Å². The van der Waals surface area contributed by atoms with Gasteiger partial charge in [-0.05, 0) is 30.2 Å². The molecule has 0 heterocycles. The maximum absolute atomic E-state index is 12.8. The minimum Gasteiger partial charge on any atom is -0.357 e. The van der Waals surface area contributed by atoms with Gasteiger partial charge in [-0.1, -0.05) is 59.6 Å². The molecule has 2 rings (SSSR count). The number of carbonyl (C=O) groups excluding carboxylic acids is 2. The summed E-state index contributed by atoms with van der Waals surface area (Å²) in [6, 6.07) is 14.5. The van der Waals surface area contributed by atoms with Crippen molar-refractivity contribution >= 4 is 46.8 Å². The molecule has 0 aliphatic rings. The Labute approximate surface area is 174 Å². The first kappa shape index (κ1) is 21.6. The zero-order chi connectivity index (χ0) is 19.8. The van der Waals surface area contributed by atoms with Gasteiger partial charge in [0.25, 0.3) is 0 Å². The predicted molar refractivity (Wildman–Crippen MR) is 113 cm³/mol. The van der Waals surface area contributed by atoms with Gasteiger partial charge in [0.05, 0.1) is 15.8 Å². The fourth-order valence-corrected chi connectivity index (χ4v) is 3.72. The first-order valence-corrected chi connectivity index (χ1v) is 10.4. The molecular formula is C20H22Cl2N2O2S. The average Bonchev–Trinajstić information content (AvgIpc) is 2.68. The van der Waals surface area contributed by atoms with E-state index in [1.54, 1.807) is 31.0 Å². The summed E-state index contributed by atoms with van der Waals surface area (Å²) in [6.45, 7) is 2.13. The lowest BCUT2D eigenvalue weighted by atomic mass is 10.1. The molecular weight excluding hydrogens is 403 g/mol. The molecule has 1 N–H and O–H groups in total. The quantitative estimate of drug-likeness (QED) is 0.683. The minimum absolute atomic E-state index is 0.0833. The molecule has 0 aliphatic carbocycles. The molecule has 0 aliphatic heterocycles. The van der Waals surface area contributed by atoms with Crippen LogP contribution in [-0.4, -0.2) is 35.6 Å². The van der Waals surface area contributed by atoms with E-state index in [4.69, 9.17) is 23.2 Å². The van der Waals surface area contributed by atoms with Crippen molar-refractivity contribution in [3.63, 3.8) is 0 Å². The highest BCUT2D eigenvalue weighted by atomic mass is 35.5. The van der Waals surface area contributed by atoms with Crippen LogP contribution in [0.1, 0.15) is 18.1 Å². The van der Waals surface area contributed by atoms with E-state index in [2.05, 4.69) is 5.32 Å². The summed E-state index contributed by atoms with van der Waals surface area (Å²) in [5, 5.41) is 3.62. The summed E-state index contributed by atoms with van der Waals surface area (Å²) in [5.74, 6) is 0.638. The van der Waals surface area contributed by atoms with Crippen LogP contribution in [0.15, 0.2) is 48.5 Å². The van der Waals surface area contributed by atoms with E-state index in [0.29, 0.717) is 22.3 Å². The zero-order valence-corrected chi connectivity index (χ0v) is 17.6. The third-order valence-corrected chi connectivity index (χ3v) is 5.82. The molecule has 0 saturated heterocycles. The Hall–Kier alpha value is -1.69. The maximum atomic E-state index is 12.8. The Balaban J connectivity index is 2.01. The van der Waals surface area contributed by atoms with Gasteiger partial charge >= 0.3 is 0 Å². The second-order valence-electron chi connectivity index (χ2n) is 6.04. The number of hydrogen-bond acceptors (Lipinski definition) is 3. The van der Waals surface area contributed by atoms with Crippen molar-refractivity contribution in [2.75, 3.05) is 12.8 Å². The van der Waals surface area contributed by atoms with Gasteiger partial charge in [-0.15, -0.1) is 11.8 Å². The Kier molecular flexibility index (Phi) is 8.48. The number of amides is 2. The van der Waals surface area contributed by atoms with Crippen molar-refractivity contribution in [3.05, 3.63) is 69.7 Å². The summed E-state index contributed by atoms with van der Waals surface area (Å²) in [4.78, 5) is 26.5. The van der Waals surface area contributed by atoms with Gasteiger partial charge in [-0.2, -0.15) is 0 Å². The molecule has 1 atom stereocenters. The van der Waals surface area contributed by atoms with Gasteiger partial charge in [0.15, 0.2) is 0 Å². The van der Waals surface area contributed by atoms with E-state index in [0.717, 1.165) is 11.1 Å². The number of nitrogens with zero attached hydrogens (tertiary/aromatic N) is 1. The molecule has 0 radical (unpaired) electrons. The molecule has 0 bridgehead atoms. The lowest BCUT2D eigenvalue weighted by Gasteiger charge is -2.28. The monoisotopic (exact) mass is 424 g/mol. The molecule has 0 unspecified atom stereocenters. The number of nitrogens with one attached hydrogen (secondary N) is 1. The van der Waals surface area contributed by atoms with E-state index < -0.39 is 6.04 Å². The minimum atomic E-state index is -0.548. The summed E-state index contributed by atoms with van der Waals surface area (Å²) in [5.41, 5.74) is 1.98. The van der Waals surface area contributed by atoms with Gasteiger partial charge in [-0.25, -0.2) is 0 Å². The van der Waals surface area contributed by atoms with E-state index in [1.165, 1.54) is 11.8 Å². The van der Waals surface area contributed by atoms with Crippen LogP contribution in [0.3, 0.4) is 0 Å². The van der Waals surface area contributed by atoms with E-state index in [1.807, 2.05) is 36.4 Å². The first-order chi connectivity index (χ1) is 12.9. The highest BCUT2D eigenvalue weighted by molar-refractivity contribution is 7.99. The van der Waals surface area contributed by atoms with Crippen LogP contribution >= 0.6 is 35.0 Å². The Bertz CT molecular complexity index is 787. The molecule has 0 fully saturated rings. The SMILES string of the molecule is CNC(=O)[C@H](C)N(Cc1ccccc1)C(=O)CSCc1ccc(Cl)c(Cl)c1. The van der Waals surface area contributed by atoms with Crippen molar-refractivity contribution in [2.24, 2.45) is 0 Å². The fraction of sp³-hybridized carbons (Fsp3) is 0.300. The van der Waals surface area contributed by atoms with Gasteiger partial charge in [0, 0.05) is 19.3 Å². The molecule has 4 nitrogen and oxygen atoms in total. The Morgan fingerprint density at radius 2 is 1.78 bits per heavy atom. The van der Waals surface area contributed by atoms with Crippen LogP contribution in [0, 0.1) is 0 Å². The number of rotatable bonds is 8. The van der Waals surface area contributed by atoms with Crippen molar-refractivity contribution in [1.82, 2.24) is 10.2 Å². The molecule has 144 valence electrons. The lowest BCUT2D eigenvalue weighted by Crippen LogP contribution is -2.47. The van der Waals surface area contributed by atoms with Crippen LogP contribution in [0.25, 0.3) is 0 Å². The van der Waals surface area contributed by atoms with Crippen molar-refractivity contribution in [3.8, 4) is 0 Å². The smallest absolute Gasteiger partial charge is 0.242 e. The summed E-state index contributed by atoms with van der Waals surface area (Å²) in [7, 11) is 1.57. The topological polar surface area (TPSA) is 49.4 Å². The predicted octanol–water partition coefficient (Wildman–Crippen LogP) is 4.39. The fourth-order valence-electron chi connectivity index (χ4n) is 2.54. The van der Waals surface area contributed by atoms with Gasteiger partial charge in [-0.3, -0.25) is 9.59 Å². The molecule has 7 heteroatoms. The Morgan fingerprint density at radius 3 is 2.41 bits per heavy atom. The molecule has 0 saturated carbocycles. The molecule has 0 aromatic heterocycles. The van der Waals surface area contributed by atoms with Gasteiger partial charge < -0.3 is 10.2 Å². The van der Waals surface area contributed by atoms with Crippen molar-refractivity contribution in [2.45, 2.75) is 25.3 Å². The molecule has 2 aromatic rings.